The molecule has 2 aliphatic heterocycles. The lowest BCUT2D eigenvalue weighted by Gasteiger charge is -2.39. The van der Waals surface area contributed by atoms with Gasteiger partial charge in [0.1, 0.15) is 6.04 Å². The fourth-order valence-electron chi connectivity index (χ4n) is 3.83. The Morgan fingerprint density at radius 1 is 1.26 bits per heavy atom. The number of hydrogen-bond donors (Lipinski definition) is 1. The van der Waals surface area contributed by atoms with Gasteiger partial charge in [0.25, 0.3) is 0 Å². The molecule has 0 radical (unpaired) electrons. The summed E-state index contributed by atoms with van der Waals surface area (Å²) in [6.45, 7) is 9.99. The number of aryl methyl sites for hydroxylation is 2. The second-order valence-electron chi connectivity index (χ2n) is 6.80. The van der Waals surface area contributed by atoms with E-state index in [9.17, 15) is 4.79 Å². The molecule has 1 amide bonds. The molecule has 7 heteroatoms. The number of piperidine rings is 1. The highest BCUT2D eigenvalue weighted by Crippen LogP contribution is 2.37. The molecule has 1 aromatic rings. The predicted molar refractivity (Wildman–Crippen MR) is 96.6 cm³/mol. The molecule has 2 aliphatic rings. The summed E-state index contributed by atoms with van der Waals surface area (Å²) in [5.74, 6) is 0.210. The van der Waals surface area contributed by atoms with Gasteiger partial charge in [-0.25, -0.2) is 0 Å². The number of nitrogens with zero attached hydrogens (tertiary/aromatic N) is 3. The van der Waals surface area contributed by atoms with Gasteiger partial charge in [-0.1, -0.05) is 0 Å². The summed E-state index contributed by atoms with van der Waals surface area (Å²) in [4.78, 5) is 14.7. The molecular weight excluding hydrogens is 335 g/mol. The van der Waals surface area contributed by atoms with Crippen LogP contribution < -0.4 is 5.32 Å². The zero-order valence-corrected chi connectivity index (χ0v) is 15.8. The van der Waals surface area contributed by atoms with Gasteiger partial charge < -0.3 is 10.2 Å². The lowest BCUT2D eigenvalue weighted by molar-refractivity contribution is -0.136. The first-order valence-electron chi connectivity index (χ1n) is 8.03. The van der Waals surface area contributed by atoms with Crippen LogP contribution in [0.15, 0.2) is 6.07 Å². The molecule has 0 aromatic carbocycles. The van der Waals surface area contributed by atoms with E-state index in [-0.39, 0.29) is 36.8 Å². The van der Waals surface area contributed by atoms with E-state index in [0.29, 0.717) is 5.41 Å². The van der Waals surface area contributed by atoms with E-state index in [2.05, 4.69) is 10.4 Å². The minimum atomic E-state index is -0.200. The largest absolute Gasteiger partial charge is 0.341 e. The van der Waals surface area contributed by atoms with Crippen LogP contribution in [0.3, 0.4) is 0 Å². The highest BCUT2D eigenvalue weighted by Gasteiger charge is 2.38. The van der Waals surface area contributed by atoms with Gasteiger partial charge in [0.05, 0.1) is 5.69 Å². The summed E-state index contributed by atoms with van der Waals surface area (Å²) in [5.41, 5.74) is 2.49. The first kappa shape index (κ1) is 20.3. The lowest BCUT2D eigenvalue weighted by atomic mass is 9.78. The number of halogens is 2. The van der Waals surface area contributed by atoms with Crippen molar-refractivity contribution in [3.05, 3.63) is 17.5 Å². The van der Waals surface area contributed by atoms with Crippen LogP contribution in [0, 0.1) is 19.3 Å². The van der Waals surface area contributed by atoms with Crippen molar-refractivity contribution in [2.24, 2.45) is 5.41 Å². The van der Waals surface area contributed by atoms with Gasteiger partial charge in [0, 0.05) is 25.3 Å². The van der Waals surface area contributed by atoms with Gasteiger partial charge in [0.2, 0.25) is 5.91 Å². The van der Waals surface area contributed by atoms with Crippen LogP contribution in [0.1, 0.15) is 43.6 Å². The Labute approximate surface area is 151 Å². The smallest absolute Gasteiger partial charge is 0.247 e. The highest BCUT2D eigenvalue weighted by atomic mass is 35.5. The number of rotatable bonds is 2. The lowest BCUT2D eigenvalue weighted by Crippen LogP contribution is -2.46. The van der Waals surface area contributed by atoms with Crippen molar-refractivity contribution in [3.63, 3.8) is 0 Å². The Hall–Kier alpha value is -0.780. The normalized spacial score (nSPS) is 20.7. The molecule has 5 nitrogen and oxygen atoms in total. The van der Waals surface area contributed by atoms with E-state index in [1.165, 1.54) is 6.42 Å². The molecule has 1 unspecified atom stereocenters. The van der Waals surface area contributed by atoms with Gasteiger partial charge >= 0.3 is 0 Å². The maximum absolute atomic E-state index is 12.7. The summed E-state index contributed by atoms with van der Waals surface area (Å²) in [6, 6.07) is 1.83. The average molecular weight is 363 g/mol. The SMILES string of the molecule is Cc1cc(C)n(C(C)C(=O)N2CCC3(CCNC3)CC2)n1.Cl.Cl. The van der Waals surface area contributed by atoms with Gasteiger partial charge in [0.15, 0.2) is 0 Å². The van der Waals surface area contributed by atoms with E-state index < -0.39 is 0 Å². The van der Waals surface area contributed by atoms with Gasteiger partial charge in [-0.3, -0.25) is 9.48 Å². The summed E-state index contributed by atoms with van der Waals surface area (Å²) < 4.78 is 1.86. The predicted octanol–water partition coefficient (Wildman–Crippen LogP) is 2.51. The van der Waals surface area contributed by atoms with Gasteiger partial charge in [-0.2, -0.15) is 5.10 Å². The van der Waals surface area contributed by atoms with Crippen molar-refractivity contribution in [2.45, 2.75) is 46.1 Å². The number of nitrogens with one attached hydrogen (secondary N) is 1. The first-order chi connectivity index (χ1) is 10.0. The fourth-order valence-corrected chi connectivity index (χ4v) is 3.83. The molecule has 1 N–H and O–H groups in total. The van der Waals surface area contributed by atoms with Crippen LogP contribution in [-0.2, 0) is 4.79 Å². The van der Waals surface area contributed by atoms with Crippen LogP contribution in [0.2, 0.25) is 0 Å². The average Bonchev–Trinajstić information content (AvgIpc) is 3.05. The summed E-state index contributed by atoms with van der Waals surface area (Å²) in [7, 11) is 0. The Kier molecular flexibility index (Phi) is 6.93. The highest BCUT2D eigenvalue weighted by molar-refractivity contribution is 5.85. The summed E-state index contributed by atoms with van der Waals surface area (Å²) in [5, 5.41) is 7.92. The Morgan fingerprint density at radius 3 is 2.39 bits per heavy atom. The topological polar surface area (TPSA) is 50.2 Å². The second kappa shape index (κ2) is 7.86. The van der Waals surface area contributed by atoms with Crippen molar-refractivity contribution in [1.82, 2.24) is 20.0 Å². The van der Waals surface area contributed by atoms with E-state index in [1.54, 1.807) is 0 Å². The number of carbonyl (C=O) groups is 1. The van der Waals surface area contributed by atoms with E-state index in [4.69, 9.17) is 0 Å². The molecule has 3 rings (SSSR count). The minimum Gasteiger partial charge on any atom is -0.341 e. The standard InChI is InChI=1S/C16H26N4O.2ClH/c1-12-10-13(2)20(18-12)14(3)15(21)19-8-5-16(6-9-19)4-7-17-11-16;;/h10,14,17H,4-9,11H2,1-3H3;2*1H. The summed E-state index contributed by atoms with van der Waals surface area (Å²) in [6.07, 6.45) is 3.53. The number of carbonyl (C=O) groups excluding carboxylic acids is 1. The van der Waals surface area contributed by atoms with Gasteiger partial charge in [-0.15, -0.1) is 24.8 Å². The molecule has 132 valence electrons. The molecule has 2 fully saturated rings. The van der Waals surface area contributed by atoms with Crippen LogP contribution in [0.25, 0.3) is 0 Å². The second-order valence-corrected chi connectivity index (χ2v) is 6.80. The third kappa shape index (κ3) is 4.01. The molecule has 0 aliphatic carbocycles. The number of aromatic nitrogens is 2. The van der Waals surface area contributed by atoms with E-state index >= 15 is 0 Å². The molecule has 1 atom stereocenters. The summed E-state index contributed by atoms with van der Waals surface area (Å²) >= 11 is 0. The molecule has 0 saturated carbocycles. The monoisotopic (exact) mass is 362 g/mol. The van der Waals surface area contributed by atoms with Crippen LogP contribution in [0.5, 0.6) is 0 Å². The third-order valence-electron chi connectivity index (χ3n) is 5.24. The quantitative estimate of drug-likeness (QED) is 0.879. The maximum Gasteiger partial charge on any atom is 0.247 e. The minimum absolute atomic E-state index is 0. The van der Waals surface area contributed by atoms with Crippen molar-refractivity contribution in [2.75, 3.05) is 26.2 Å². The number of amides is 1. The molecule has 1 aromatic heterocycles. The van der Waals surface area contributed by atoms with Crippen LogP contribution in [-0.4, -0.2) is 46.8 Å². The maximum atomic E-state index is 12.7. The Bertz CT molecular complexity index is 530. The molecule has 1 spiro atoms. The first-order valence-corrected chi connectivity index (χ1v) is 8.03. The number of hydrogen-bond acceptors (Lipinski definition) is 3. The molecule has 2 saturated heterocycles. The molecule has 23 heavy (non-hydrogen) atoms. The Morgan fingerprint density at radius 2 is 1.91 bits per heavy atom. The van der Waals surface area contributed by atoms with Gasteiger partial charge in [-0.05, 0) is 58.1 Å². The van der Waals surface area contributed by atoms with Crippen molar-refractivity contribution in [3.8, 4) is 0 Å². The van der Waals surface area contributed by atoms with Crippen LogP contribution >= 0.6 is 24.8 Å². The molecule has 3 heterocycles. The molecule has 0 bridgehead atoms. The van der Waals surface area contributed by atoms with E-state index in [0.717, 1.165) is 50.4 Å². The third-order valence-corrected chi connectivity index (χ3v) is 5.24. The Balaban J connectivity index is 0.00000132. The number of likely N-dealkylation sites (tertiary alicyclic amines) is 1. The van der Waals surface area contributed by atoms with Crippen molar-refractivity contribution in [1.29, 1.82) is 0 Å². The van der Waals surface area contributed by atoms with Crippen molar-refractivity contribution < 1.29 is 4.79 Å². The zero-order valence-electron chi connectivity index (χ0n) is 14.2. The van der Waals surface area contributed by atoms with E-state index in [1.807, 2.05) is 36.4 Å². The zero-order chi connectivity index (χ0) is 15.0. The van der Waals surface area contributed by atoms with Crippen molar-refractivity contribution >= 4 is 30.7 Å². The fraction of sp³-hybridized carbons (Fsp3) is 0.750. The molecular formula is C16H28Cl2N4O. The van der Waals surface area contributed by atoms with Crippen LogP contribution in [0.4, 0.5) is 0 Å².